The van der Waals surface area contributed by atoms with Crippen molar-refractivity contribution in [2.75, 3.05) is 5.32 Å². The average molecular weight is 261 g/mol. The molecule has 0 saturated heterocycles. The lowest BCUT2D eigenvalue weighted by Gasteiger charge is -2.05. The van der Waals surface area contributed by atoms with Crippen LogP contribution in [0.2, 0.25) is 0 Å². The number of benzene rings is 2. The Labute approximate surface area is 114 Å². The second kappa shape index (κ2) is 4.31. The molecule has 2 heterocycles. The minimum atomic E-state index is 0.542. The van der Waals surface area contributed by atoms with E-state index in [1.54, 1.807) is 12.5 Å². The number of nitrogens with one attached hydrogen (secondary N) is 2. The number of rotatable bonds is 2. The van der Waals surface area contributed by atoms with E-state index >= 15 is 0 Å². The van der Waals surface area contributed by atoms with Crippen molar-refractivity contribution < 1.29 is 0 Å². The van der Waals surface area contributed by atoms with Gasteiger partial charge in [0.1, 0.15) is 5.52 Å². The SMILES string of the molecule is c1ccc2cc(Nc3ncc4[nH]cnc4n3)ccc2c1. The van der Waals surface area contributed by atoms with Crippen LogP contribution < -0.4 is 5.32 Å². The molecule has 5 heteroatoms. The average Bonchev–Trinajstić information content (AvgIpc) is 2.95. The van der Waals surface area contributed by atoms with Crippen molar-refractivity contribution in [1.29, 1.82) is 0 Å². The molecular formula is C15H11N5. The van der Waals surface area contributed by atoms with Crippen LogP contribution in [0.5, 0.6) is 0 Å². The molecule has 0 saturated carbocycles. The fourth-order valence-corrected chi connectivity index (χ4v) is 2.19. The molecule has 0 bridgehead atoms. The Hall–Kier alpha value is -2.95. The minimum absolute atomic E-state index is 0.542. The highest BCUT2D eigenvalue weighted by molar-refractivity contribution is 5.86. The molecule has 0 aliphatic carbocycles. The quantitative estimate of drug-likeness (QED) is 0.581. The molecule has 0 radical (unpaired) electrons. The minimum Gasteiger partial charge on any atom is -0.342 e. The molecule has 0 spiro atoms. The number of nitrogens with zero attached hydrogens (tertiary/aromatic N) is 3. The summed E-state index contributed by atoms with van der Waals surface area (Å²) in [6.45, 7) is 0. The van der Waals surface area contributed by atoms with Gasteiger partial charge in [-0.1, -0.05) is 30.3 Å². The summed E-state index contributed by atoms with van der Waals surface area (Å²) in [6.07, 6.45) is 3.33. The van der Waals surface area contributed by atoms with E-state index in [1.165, 1.54) is 10.8 Å². The summed E-state index contributed by atoms with van der Waals surface area (Å²) in [4.78, 5) is 15.7. The van der Waals surface area contributed by atoms with Crippen molar-refractivity contribution in [2.45, 2.75) is 0 Å². The standard InChI is InChI=1S/C15H11N5/c1-2-4-11-7-12(6-5-10(11)3-1)19-15-16-8-13-14(20-15)18-9-17-13/h1-9H,(H2,16,17,18,19,20). The lowest BCUT2D eigenvalue weighted by molar-refractivity contribution is 1.19. The summed E-state index contributed by atoms with van der Waals surface area (Å²) in [5.41, 5.74) is 2.44. The Bertz CT molecular complexity index is 897. The summed E-state index contributed by atoms with van der Waals surface area (Å²) in [7, 11) is 0. The molecule has 5 nitrogen and oxygen atoms in total. The Morgan fingerprint density at radius 1 is 0.950 bits per heavy atom. The molecule has 0 atom stereocenters. The van der Waals surface area contributed by atoms with Crippen molar-refractivity contribution in [3.05, 3.63) is 55.0 Å². The van der Waals surface area contributed by atoms with Crippen molar-refractivity contribution in [2.24, 2.45) is 0 Å². The largest absolute Gasteiger partial charge is 0.342 e. The zero-order valence-corrected chi connectivity index (χ0v) is 10.5. The molecule has 4 aromatic rings. The molecule has 2 N–H and O–H groups in total. The van der Waals surface area contributed by atoms with Crippen LogP contribution in [0.3, 0.4) is 0 Å². The summed E-state index contributed by atoms with van der Waals surface area (Å²) >= 11 is 0. The van der Waals surface area contributed by atoms with E-state index in [2.05, 4.69) is 49.5 Å². The fraction of sp³-hybridized carbons (Fsp3) is 0. The number of anilines is 2. The highest BCUT2D eigenvalue weighted by atomic mass is 15.1. The van der Waals surface area contributed by atoms with Crippen LogP contribution in [0.25, 0.3) is 21.9 Å². The first kappa shape index (κ1) is 10.9. The third kappa shape index (κ3) is 1.85. The Balaban J connectivity index is 1.72. The molecule has 0 amide bonds. The van der Waals surface area contributed by atoms with E-state index in [-0.39, 0.29) is 0 Å². The molecule has 0 aliphatic rings. The lowest BCUT2D eigenvalue weighted by Crippen LogP contribution is -1.96. The molecule has 2 aromatic carbocycles. The first-order valence-electron chi connectivity index (χ1n) is 6.30. The maximum Gasteiger partial charge on any atom is 0.229 e. The Morgan fingerprint density at radius 3 is 2.80 bits per heavy atom. The van der Waals surface area contributed by atoms with Crippen LogP contribution in [0, 0.1) is 0 Å². The number of imidazole rings is 1. The molecule has 0 fully saturated rings. The maximum atomic E-state index is 4.35. The van der Waals surface area contributed by atoms with Gasteiger partial charge in [0, 0.05) is 5.69 Å². The Kier molecular flexibility index (Phi) is 2.35. The van der Waals surface area contributed by atoms with Crippen molar-refractivity contribution in [1.82, 2.24) is 19.9 Å². The molecule has 0 unspecified atom stereocenters. The van der Waals surface area contributed by atoms with Crippen LogP contribution in [-0.4, -0.2) is 19.9 Å². The third-order valence-electron chi connectivity index (χ3n) is 3.18. The van der Waals surface area contributed by atoms with Gasteiger partial charge in [0.05, 0.1) is 12.5 Å². The predicted molar refractivity (Wildman–Crippen MR) is 78.9 cm³/mol. The van der Waals surface area contributed by atoms with Gasteiger partial charge in [-0.3, -0.25) is 0 Å². The number of hydrogen-bond donors (Lipinski definition) is 2. The first-order valence-corrected chi connectivity index (χ1v) is 6.30. The van der Waals surface area contributed by atoms with Crippen LogP contribution >= 0.6 is 0 Å². The van der Waals surface area contributed by atoms with Gasteiger partial charge in [0.15, 0.2) is 5.65 Å². The van der Waals surface area contributed by atoms with Crippen molar-refractivity contribution in [3.8, 4) is 0 Å². The van der Waals surface area contributed by atoms with Crippen molar-refractivity contribution >= 4 is 33.6 Å². The molecular weight excluding hydrogens is 250 g/mol. The molecule has 0 aliphatic heterocycles. The predicted octanol–water partition coefficient (Wildman–Crippen LogP) is 3.25. The second-order valence-corrected chi connectivity index (χ2v) is 4.52. The van der Waals surface area contributed by atoms with Gasteiger partial charge in [-0.15, -0.1) is 0 Å². The summed E-state index contributed by atoms with van der Waals surface area (Å²) in [5, 5.41) is 5.59. The topological polar surface area (TPSA) is 66.5 Å². The second-order valence-electron chi connectivity index (χ2n) is 4.52. The third-order valence-corrected chi connectivity index (χ3v) is 3.18. The first-order chi connectivity index (χ1) is 9.88. The molecule has 96 valence electrons. The van der Waals surface area contributed by atoms with E-state index in [9.17, 15) is 0 Å². The zero-order chi connectivity index (χ0) is 13.4. The van der Waals surface area contributed by atoms with E-state index in [1.807, 2.05) is 18.2 Å². The van der Waals surface area contributed by atoms with Crippen molar-refractivity contribution in [3.63, 3.8) is 0 Å². The van der Waals surface area contributed by atoms with Gasteiger partial charge < -0.3 is 10.3 Å². The monoisotopic (exact) mass is 261 g/mol. The summed E-state index contributed by atoms with van der Waals surface area (Å²) in [6, 6.07) is 14.4. The fourth-order valence-electron chi connectivity index (χ4n) is 2.19. The zero-order valence-electron chi connectivity index (χ0n) is 10.5. The van der Waals surface area contributed by atoms with Crippen LogP contribution in [0.15, 0.2) is 55.0 Å². The van der Waals surface area contributed by atoms with E-state index < -0.39 is 0 Å². The normalized spacial score (nSPS) is 11.0. The van der Waals surface area contributed by atoms with Crippen LogP contribution in [-0.2, 0) is 0 Å². The van der Waals surface area contributed by atoms with Gasteiger partial charge >= 0.3 is 0 Å². The van der Waals surface area contributed by atoms with Gasteiger partial charge in [0.2, 0.25) is 5.95 Å². The smallest absolute Gasteiger partial charge is 0.229 e. The van der Waals surface area contributed by atoms with E-state index in [0.717, 1.165) is 11.2 Å². The van der Waals surface area contributed by atoms with E-state index in [4.69, 9.17) is 0 Å². The van der Waals surface area contributed by atoms with Gasteiger partial charge in [-0.05, 0) is 22.9 Å². The summed E-state index contributed by atoms with van der Waals surface area (Å²) in [5.74, 6) is 0.542. The Morgan fingerprint density at radius 2 is 1.85 bits per heavy atom. The number of aromatic nitrogens is 4. The van der Waals surface area contributed by atoms with Gasteiger partial charge in [-0.2, -0.15) is 4.98 Å². The number of aromatic amines is 1. The molecule has 2 aromatic heterocycles. The highest BCUT2D eigenvalue weighted by Crippen LogP contribution is 2.21. The van der Waals surface area contributed by atoms with Gasteiger partial charge in [0.25, 0.3) is 0 Å². The molecule has 20 heavy (non-hydrogen) atoms. The van der Waals surface area contributed by atoms with Gasteiger partial charge in [-0.25, -0.2) is 9.97 Å². The highest BCUT2D eigenvalue weighted by Gasteiger charge is 2.02. The van der Waals surface area contributed by atoms with Crippen LogP contribution in [0.1, 0.15) is 0 Å². The lowest BCUT2D eigenvalue weighted by atomic mass is 10.1. The number of hydrogen-bond acceptors (Lipinski definition) is 4. The van der Waals surface area contributed by atoms with Crippen LogP contribution in [0.4, 0.5) is 11.6 Å². The number of fused-ring (bicyclic) bond motifs is 2. The number of H-pyrrole nitrogens is 1. The maximum absolute atomic E-state index is 4.35. The summed E-state index contributed by atoms with van der Waals surface area (Å²) < 4.78 is 0. The van der Waals surface area contributed by atoms with E-state index in [0.29, 0.717) is 11.6 Å². The molecule has 4 rings (SSSR count).